The fourth-order valence-electron chi connectivity index (χ4n) is 0.812. The van der Waals surface area contributed by atoms with E-state index in [0.29, 0.717) is 12.3 Å². The smallest absolute Gasteiger partial charge is 0.305 e. The van der Waals surface area contributed by atoms with Crippen LogP contribution in [0.5, 0.6) is 0 Å². The van der Waals surface area contributed by atoms with Gasteiger partial charge in [0.05, 0.1) is 7.11 Å². The lowest BCUT2D eigenvalue weighted by Gasteiger charge is -1.93. The van der Waals surface area contributed by atoms with Crippen LogP contribution in [0, 0.1) is 24.2 Å². The van der Waals surface area contributed by atoms with Crippen molar-refractivity contribution in [2.45, 2.75) is 25.7 Å². The van der Waals surface area contributed by atoms with Gasteiger partial charge in [-0.15, -0.1) is 5.92 Å². The minimum Gasteiger partial charge on any atom is -0.469 e. The molecular formula is C10H13O2. The Kier molecular flexibility index (Phi) is 3.66. The Hall–Kier alpha value is -0.970. The van der Waals surface area contributed by atoms with Gasteiger partial charge in [0, 0.05) is 18.8 Å². The lowest BCUT2D eigenvalue weighted by molar-refractivity contribution is -0.140. The van der Waals surface area contributed by atoms with Gasteiger partial charge in [-0.25, -0.2) is 0 Å². The maximum atomic E-state index is 10.6. The standard InChI is InChI=1S/C10H13O2/c1-12-10(11)6-4-2-3-5-9-7-8-9/h7,9H,2,4,6,8H2,1H3. The van der Waals surface area contributed by atoms with Crippen LogP contribution in [-0.4, -0.2) is 13.1 Å². The third kappa shape index (κ3) is 4.02. The van der Waals surface area contributed by atoms with E-state index in [2.05, 4.69) is 23.0 Å². The van der Waals surface area contributed by atoms with E-state index < -0.39 is 0 Å². The number of hydrogen-bond donors (Lipinski definition) is 0. The van der Waals surface area contributed by atoms with Crippen LogP contribution in [0.3, 0.4) is 0 Å². The first-order valence-electron chi connectivity index (χ1n) is 4.21. The molecule has 1 atom stereocenters. The number of methoxy groups -OCH3 is 1. The van der Waals surface area contributed by atoms with Crippen molar-refractivity contribution in [2.24, 2.45) is 5.92 Å². The molecule has 0 N–H and O–H groups in total. The molecule has 1 saturated carbocycles. The van der Waals surface area contributed by atoms with Crippen molar-refractivity contribution < 1.29 is 9.53 Å². The van der Waals surface area contributed by atoms with E-state index in [1.807, 2.05) is 0 Å². The molecule has 0 saturated heterocycles. The fraction of sp³-hybridized carbons (Fsp3) is 0.600. The molecular weight excluding hydrogens is 152 g/mol. The van der Waals surface area contributed by atoms with E-state index in [1.54, 1.807) is 0 Å². The first-order valence-corrected chi connectivity index (χ1v) is 4.21. The van der Waals surface area contributed by atoms with Gasteiger partial charge in [-0.05, 0) is 19.3 Å². The molecule has 1 rings (SSSR count). The molecule has 1 aliphatic rings. The second-order valence-electron chi connectivity index (χ2n) is 2.83. The van der Waals surface area contributed by atoms with Gasteiger partial charge in [0.2, 0.25) is 0 Å². The molecule has 0 heterocycles. The molecule has 0 aromatic carbocycles. The third-order valence-electron chi connectivity index (χ3n) is 1.67. The summed E-state index contributed by atoms with van der Waals surface area (Å²) >= 11 is 0. The zero-order chi connectivity index (χ0) is 8.81. The molecule has 65 valence electrons. The Morgan fingerprint density at radius 3 is 3.08 bits per heavy atom. The van der Waals surface area contributed by atoms with Gasteiger partial charge < -0.3 is 4.74 Å². The lowest BCUT2D eigenvalue weighted by Crippen LogP contribution is -1.98. The van der Waals surface area contributed by atoms with Crippen molar-refractivity contribution in [3.63, 3.8) is 0 Å². The number of hydrogen-bond acceptors (Lipinski definition) is 2. The average Bonchev–Trinajstić information content (AvgIpc) is 2.87. The highest BCUT2D eigenvalue weighted by Crippen LogP contribution is 2.25. The monoisotopic (exact) mass is 165 g/mol. The Balaban J connectivity index is 1.95. The number of esters is 1. The van der Waals surface area contributed by atoms with Crippen LogP contribution in [0.1, 0.15) is 25.7 Å². The van der Waals surface area contributed by atoms with Gasteiger partial charge in [-0.2, -0.15) is 0 Å². The molecule has 2 heteroatoms. The topological polar surface area (TPSA) is 26.3 Å². The second kappa shape index (κ2) is 4.82. The zero-order valence-corrected chi connectivity index (χ0v) is 7.30. The molecule has 1 fully saturated rings. The summed E-state index contributed by atoms with van der Waals surface area (Å²) in [4.78, 5) is 10.6. The molecule has 0 aliphatic heterocycles. The summed E-state index contributed by atoms with van der Waals surface area (Å²) in [7, 11) is 1.41. The predicted molar refractivity (Wildman–Crippen MR) is 46.1 cm³/mol. The lowest BCUT2D eigenvalue weighted by atomic mass is 10.2. The van der Waals surface area contributed by atoms with E-state index in [4.69, 9.17) is 0 Å². The highest BCUT2D eigenvalue weighted by atomic mass is 16.5. The van der Waals surface area contributed by atoms with Gasteiger partial charge in [-0.1, -0.05) is 5.92 Å². The second-order valence-corrected chi connectivity index (χ2v) is 2.83. The van der Waals surface area contributed by atoms with Crippen LogP contribution in [0.2, 0.25) is 0 Å². The first kappa shape index (κ1) is 9.12. The van der Waals surface area contributed by atoms with E-state index in [1.165, 1.54) is 7.11 Å². The van der Waals surface area contributed by atoms with Crippen LogP contribution in [-0.2, 0) is 9.53 Å². The quantitative estimate of drug-likeness (QED) is 0.360. The average molecular weight is 165 g/mol. The van der Waals surface area contributed by atoms with Crippen LogP contribution in [0.15, 0.2) is 0 Å². The van der Waals surface area contributed by atoms with E-state index >= 15 is 0 Å². The van der Waals surface area contributed by atoms with Crippen LogP contribution >= 0.6 is 0 Å². The molecule has 0 spiro atoms. The van der Waals surface area contributed by atoms with Crippen molar-refractivity contribution in [3.8, 4) is 11.8 Å². The summed E-state index contributed by atoms with van der Waals surface area (Å²) in [5.74, 6) is 6.53. The van der Waals surface area contributed by atoms with Crippen molar-refractivity contribution in [1.82, 2.24) is 0 Å². The summed E-state index contributed by atoms with van der Waals surface area (Å²) in [5, 5.41) is 0. The minimum atomic E-state index is -0.144. The van der Waals surface area contributed by atoms with Crippen molar-refractivity contribution in [3.05, 3.63) is 6.42 Å². The largest absolute Gasteiger partial charge is 0.469 e. The van der Waals surface area contributed by atoms with Gasteiger partial charge in [0.1, 0.15) is 0 Å². The maximum Gasteiger partial charge on any atom is 0.305 e. The highest BCUT2D eigenvalue weighted by molar-refractivity contribution is 5.69. The third-order valence-corrected chi connectivity index (χ3v) is 1.67. The fourth-order valence-corrected chi connectivity index (χ4v) is 0.812. The summed E-state index contributed by atoms with van der Waals surface area (Å²) in [6, 6.07) is 0. The Labute approximate surface area is 73.3 Å². The molecule has 0 aromatic rings. The number of rotatable bonds is 3. The normalized spacial score (nSPS) is 14.8. The Bertz CT molecular complexity index is 206. The van der Waals surface area contributed by atoms with Gasteiger partial charge >= 0.3 is 5.97 Å². The van der Waals surface area contributed by atoms with Gasteiger partial charge in [-0.3, -0.25) is 4.79 Å². The summed E-state index contributed by atoms with van der Waals surface area (Å²) in [5.41, 5.74) is 0. The first-order chi connectivity index (χ1) is 5.83. The molecule has 0 bridgehead atoms. The van der Waals surface area contributed by atoms with Crippen LogP contribution in [0.4, 0.5) is 0 Å². The molecule has 2 nitrogen and oxygen atoms in total. The molecule has 1 radical (unpaired) electrons. The summed E-state index contributed by atoms with van der Waals surface area (Å²) in [6.07, 6.45) is 5.42. The molecule has 0 amide bonds. The number of ether oxygens (including phenoxy) is 1. The van der Waals surface area contributed by atoms with Crippen molar-refractivity contribution in [2.75, 3.05) is 7.11 Å². The SMILES string of the molecule is COC(=O)CCCC#CC1[CH]C1. The summed E-state index contributed by atoms with van der Waals surface area (Å²) in [6.45, 7) is 0. The Morgan fingerprint density at radius 2 is 2.50 bits per heavy atom. The van der Waals surface area contributed by atoms with E-state index in [-0.39, 0.29) is 5.97 Å². The molecule has 1 unspecified atom stereocenters. The minimum absolute atomic E-state index is 0.144. The van der Waals surface area contributed by atoms with Gasteiger partial charge in [0.15, 0.2) is 0 Å². The van der Waals surface area contributed by atoms with E-state index in [0.717, 1.165) is 19.3 Å². The number of carbonyl (C=O) groups is 1. The number of unbranched alkanes of at least 4 members (excludes halogenated alkanes) is 1. The van der Waals surface area contributed by atoms with Crippen LogP contribution in [0.25, 0.3) is 0 Å². The highest BCUT2D eigenvalue weighted by Gasteiger charge is 2.17. The molecule has 12 heavy (non-hydrogen) atoms. The molecule has 1 aliphatic carbocycles. The van der Waals surface area contributed by atoms with Gasteiger partial charge in [0.25, 0.3) is 0 Å². The maximum absolute atomic E-state index is 10.6. The zero-order valence-electron chi connectivity index (χ0n) is 7.30. The number of carbonyl (C=O) groups excluding carboxylic acids is 1. The predicted octanol–water partition coefficient (Wildman–Crippen LogP) is 1.56. The van der Waals surface area contributed by atoms with Crippen molar-refractivity contribution >= 4 is 5.97 Å². The Morgan fingerprint density at radius 1 is 1.75 bits per heavy atom. The summed E-state index contributed by atoms with van der Waals surface area (Å²) < 4.78 is 4.50. The van der Waals surface area contributed by atoms with E-state index in [9.17, 15) is 4.79 Å². The van der Waals surface area contributed by atoms with Crippen molar-refractivity contribution in [1.29, 1.82) is 0 Å². The van der Waals surface area contributed by atoms with Crippen LogP contribution < -0.4 is 0 Å². The molecule has 0 aromatic heterocycles.